The van der Waals surface area contributed by atoms with Crippen LogP contribution in [0.1, 0.15) is 53.9 Å². The van der Waals surface area contributed by atoms with Crippen molar-refractivity contribution in [3.63, 3.8) is 0 Å². The summed E-state index contributed by atoms with van der Waals surface area (Å²) in [4.78, 5) is 17.5. The van der Waals surface area contributed by atoms with Crippen LogP contribution in [0.2, 0.25) is 0 Å². The standard InChI is InChI=1S/C22H32N2O3/c1-6-13-26-19-11-10-18(17-9-8-12-23-20(17)19)24-21(25)22(5,15-16(3)4)27-14-7-2/h8-12,16H,6-7,13-15H2,1-5H3,(H,24,25)/t22-/m1/s1. The Hall–Kier alpha value is -2.14. The molecule has 0 saturated carbocycles. The molecule has 5 nitrogen and oxygen atoms in total. The van der Waals surface area contributed by atoms with Crippen molar-refractivity contribution in [2.45, 2.75) is 59.5 Å². The third kappa shape index (κ3) is 5.42. The molecule has 5 heteroatoms. The van der Waals surface area contributed by atoms with Gasteiger partial charge in [-0.25, -0.2) is 0 Å². The number of anilines is 1. The van der Waals surface area contributed by atoms with Crippen molar-refractivity contribution in [1.82, 2.24) is 4.98 Å². The molecule has 0 radical (unpaired) electrons. The first kappa shape index (κ1) is 21.2. The van der Waals surface area contributed by atoms with Gasteiger partial charge in [0, 0.05) is 18.2 Å². The predicted octanol–water partition coefficient (Wildman–Crippen LogP) is 5.19. The van der Waals surface area contributed by atoms with Crippen molar-refractivity contribution >= 4 is 22.5 Å². The SMILES string of the molecule is CCCOc1ccc(NC(=O)[C@@](C)(CC(C)C)OCCC)c2cccnc12. The van der Waals surface area contributed by atoms with Crippen molar-refractivity contribution in [3.8, 4) is 5.75 Å². The highest BCUT2D eigenvalue weighted by atomic mass is 16.5. The van der Waals surface area contributed by atoms with E-state index in [1.807, 2.05) is 38.1 Å². The lowest BCUT2D eigenvalue weighted by molar-refractivity contribution is -0.141. The van der Waals surface area contributed by atoms with Gasteiger partial charge in [-0.05, 0) is 56.4 Å². The fraction of sp³-hybridized carbons (Fsp3) is 0.545. The summed E-state index contributed by atoms with van der Waals surface area (Å²) in [6.07, 6.45) is 4.19. The topological polar surface area (TPSA) is 60.5 Å². The lowest BCUT2D eigenvalue weighted by Gasteiger charge is -2.30. The van der Waals surface area contributed by atoms with Crippen LogP contribution in [0.3, 0.4) is 0 Å². The molecule has 0 saturated heterocycles. The highest BCUT2D eigenvalue weighted by molar-refractivity contribution is 6.05. The first-order chi connectivity index (χ1) is 12.9. The Morgan fingerprint density at radius 3 is 2.59 bits per heavy atom. The molecule has 2 aromatic rings. The quantitative estimate of drug-likeness (QED) is 0.623. The number of amides is 1. The van der Waals surface area contributed by atoms with Crippen LogP contribution in [-0.4, -0.2) is 29.7 Å². The Kier molecular flexibility index (Phi) is 7.60. The molecule has 0 unspecified atom stereocenters. The van der Waals surface area contributed by atoms with Gasteiger partial charge in [0.25, 0.3) is 5.91 Å². The van der Waals surface area contributed by atoms with Crippen LogP contribution in [0.5, 0.6) is 5.75 Å². The van der Waals surface area contributed by atoms with E-state index in [9.17, 15) is 4.79 Å². The number of carbonyl (C=O) groups excluding carboxylic acids is 1. The first-order valence-corrected chi connectivity index (χ1v) is 9.87. The van der Waals surface area contributed by atoms with Gasteiger partial charge in [0.05, 0.1) is 12.3 Å². The summed E-state index contributed by atoms with van der Waals surface area (Å²) in [6.45, 7) is 11.4. The molecule has 1 aromatic carbocycles. The first-order valence-electron chi connectivity index (χ1n) is 9.87. The molecule has 148 valence electrons. The summed E-state index contributed by atoms with van der Waals surface area (Å²) in [5.74, 6) is 0.954. The molecule has 2 rings (SSSR count). The van der Waals surface area contributed by atoms with Crippen molar-refractivity contribution < 1.29 is 14.3 Å². The highest BCUT2D eigenvalue weighted by Crippen LogP contribution is 2.31. The number of aromatic nitrogens is 1. The smallest absolute Gasteiger partial charge is 0.256 e. The molecule has 0 spiro atoms. The number of pyridine rings is 1. The number of hydrogen-bond donors (Lipinski definition) is 1. The second-order valence-corrected chi connectivity index (χ2v) is 7.49. The molecule has 0 bridgehead atoms. The van der Waals surface area contributed by atoms with E-state index in [0.29, 0.717) is 25.6 Å². The third-order valence-electron chi connectivity index (χ3n) is 4.35. The predicted molar refractivity (Wildman–Crippen MR) is 110 cm³/mol. The van der Waals surface area contributed by atoms with E-state index in [4.69, 9.17) is 9.47 Å². The number of ether oxygens (including phenoxy) is 2. The average Bonchev–Trinajstić information content (AvgIpc) is 2.65. The summed E-state index contributed by atoms with van der Waals surface area (Å²) in [5.41, 5.74) is 0.613. The normalized spacial score (nSPS) is 13.6. The fourth-order valence-corrected chi connectivity index (χ4v) is 3.16. The third-order valence-corrected chi connectivity index (χ3v) is 4.35. The average molecular weight is 373 g/mol. The van der Waals surface area contributed by atoms with Crippen LogP contribution in [0, 0.1) is 5.92 Å². The van der Waals surface area contributed by atoms with Gasteiger partial charge in [0.2, 0.25) is 0 Å². The lowest BCUT2D eigenvalue weighted by Crippen LogP contribution is -2.44. The zero-order valence-corrected chi connectivity index (χ0v) is 17.2. The number of benzene rings is 1. The van der Waals surface area contributed by atoms with E-state index in [0.717, 1.165) is 35.2 Å². The van der Waals surface area contributed by atoms with Crippen molar-refractivity contribution in [2.75, 3.05) is 18.5 Å². The Bertz CT molecular complexity index is 760. The molecule has 0 aliphatic heterocycles. The molecule has 0 aliphatic rings. The van der Waals surface area contributed by atoms with E-state index < -0.39 is 5.60 Å². The summed E-state index contributed by atoms with van der Waals surface area (Å²) in [5, 5.41) is 3.93. The molecule has 1 amide bonds. The van der Waals surface area contributed by atoms with E-state index in [1.54, 1.807) is 6.20 Å². The van der Waals surface area contributed by atoms with E-state index >= 15 is 0 Å². The number of rotatable bonds is 10. The Labute approximate surface area is 162 Å². The van der Waals surface area contributed by atoms with Crippen LogP contribution in [-0.2, 0) is 9.53 Å². The van der Waals surface area contributed by atoms with E-state index in [-0.39, 0.29) is 5.91 Å². The van der Waals surface area contributed by atoms with Crippen molar-refractivity contribution in [3.05, 3.63) is 30.5 Å². The van der Waals surface area contributed by atoms with Crippen LogP contribution in [0.15, 0.2) is 30.5 Å². The molecule has 1 N–H and O–H groups in total. The molecular weight excluding hydrogens is 340 g/mol. The van der Waals surface area contributed by atoms with Gasteiger partial charge in [-0.2, -0.15) is 0 Å². The monoisotopic (exact) mass is 372 g/mol. The minimum absolute atomic E-state index is 0.128. The molecule has 0 fully saturated rings. The summed E-state index contributed by atoms with van der Waals surface area (Å²) in [7, 11) is 0. The zero-order chi connectivity index (χ0) is 19.9. The number of fused-ring (bicyclic) bond motifs is 1. The summed E-state index contributed by atoms with van der Waals surface area (Å²) in [6, 6.07) is 7.56. The van der Waals surface area contributed by atoms with Gasteiger partial charge in [0.15, 0.2) is 0 Å². The highest BCUT2D eigenvalue weighted by Gasteiger charge is 2.35. The van der Waals surface area contributed by atoms with Crippen LogP contribution in [0.25, 0.3) is 10.9 Å². The number of hydrogen-bond acceptors (Lipinski definition) is 4. The van der Waals surface area contributed by atoms with Gasteiger partial charge in [0.1, 0.15) is 16.9 Å². The molecule has 1 heterocycles. The maximum Gasteiger partial charge on any atom is 0.256 e. The maximum atomic E-state index is 13.1. The molecule has 27 heavy (non-hydrogen) atoms. The fourth-order valence-electron chi connectivity index (χ4n) is 3.16. The van der Waals surface area contributed by atoms with Gasteiger partial charge in [-0.1, -0.05) is 27.7 Å². The van der Waals surface area contributed by atoms with Crippen molar-refractivity contribution in [1.29, 1.82) is 0 Å². The number of carbonyl (C=O) groups is 1. The minimum Gasteiger partial charge on any atom is -0.491 e. The molecule has 0 aliphatic carbocycles. The largest absolute Gasteiger partial charge is 0.491 e. The minimum atomic E-state index is -0.865. The summed E-state index contributed by atoms with van der Waals surface area (Å²) < 4.78 is 11.8. The Balaban J connectivity index is 2.32. The second-order valence-electron chi connectivity index (χ2n) is 7.49. The number of nitrogens with zero attached hydrogens (tertiary/aromatic N) is 1. The second kappa shape index (κ2) is 9.70. The van der Waals surface area contributed by atoms with Gasteiger partial charge < -0.3 is 14.8 Å². The molecule has 1 aromatic heterocycles. The summed E-state index contributed by atoms with van der Waals surface area (Å²) >= 11 is 0. The van der Waals surface area contributed by atoms with Gasteiger partial charge in [-0.15, -0.1) is 0 Å². The maximum absolute atomic E-state index is 13.1. The molecular formula is C22H32N2O3. The Morgan fingerprint density at radius 2 is 1.93 bits per heavy atom. The van der Waals surface area contributed by atoms with Gasteiger partial charge in [-0.3, -0.25) is 9.78 Å². The van der Waals surface area contributed by atoms with Crippen LogP contribution < -0.4 is 10.1 Å². The van der Waals surface area contributed by atoms with E-state index in [2.05, 4.69) is 31.1 Å². The Morgan fingerprint density at radius 1 is 1.19 bits per heavy atom. The molecule has 1 atom stereocenters. The van der Waals surface area contributed by atoms with E-state index in [1.165, 1.54) is 0 Å². The van der Waals surface area contributed by atoms with Crippen molar-refractivity contribution in [2.24, 2.45) is 5.92 Å². The number of nitrogens with one attached hydrogen (secondary N) is 1. The van der Waals surface area contributed by atoms with Crippen LogP contribution >= 0.6 is 0 Å². The van der Waals surface area contributed by atoms with Gasteiger partial charge >= 0.3 is 0 Å². The zero-order valence-electron chi connectivity index (χ0n) is 17.2. The van der Waals surface area contributed by atoms with Crippen LogP contribution in [0.4, 0.5) is 5.69 Å². The lowest BCUT2D eigenvalue weighted by atomic mass is 9.92.